The van der Waals surface area contributed by atoms with Crippen molar-refractivity contribution in [1.29, 1.82) is 0 Å². The van der Waals surface area contributed by atoms with Gasteiger partial charge >= 0.3 is 0 Å². The summed E-state index contributed by atoms with van der Waals surface area (Å²) in [4.78, 5) is 15.2. The van der Waals surface area contributed by atoms with Crippen molar-refractivity contribution in [2.45, 2.75) is 37.3 Å². The highest BCUT2D eigenvalue weighted by Gasteiger charge is 2.32. The van der Waals surface area contributed by atoms with Gasteiger partial charge in [-0.15, -0.1) is 0 Å². The molecule has 1 saturated heterocycles. The fourth-order valence-electron chi connectivity index (χ4n) is 5.25. The smallest absolute Gasteiger partial charge is 0.265 e. The molecule has 1 N–H and O–H groups in total. The van der Waals surface area contributed by atoms with Crippen molar-refractivity contribution in [2.75, 3.05) is 31.5 Å². The molecule has 0 aliphatic carbocycles. The third-order valence-electron chi connectivity index (χ3n) is 7.64. The van der Waals surface area contributed by atoms with E-state index in [4.69, 9.17) is 4.74 Å². The number of nitrogens with one attached hydrogen (secondary N) is 1. The lowest BCUT2D eigenvalue weighted by molar-refractivity contribution is -0.122. The summed E-state index contributed by atoms with van der Waals surface area (Å²) in [7, 11) is -3.68. The van der Waals surface area contributed by atoms with Crippen LogP contribution >= 0.6 is 0 Å². The van der Waals surface area contributed by atoms with Crippen molar-refractivity contribution in [1.82, 2.24) is 9.21 Å². The van der Waals surface area contributed by atoms with E-state index in [-0.39, 0.29) is 16.8 Å². The molecule has 7 nitrogen and oxygen atoms in total. The second-order valence-corrected chi connectivity index (χ2v) is 12.4. The molecule has 42 heavy (non-hydrogen) atoms. The van der Waals surface area contributed by atoms with Crippen LogP contribution in [0.3, 0.4) is 0 Å². The van der Waals surface area contributed by atoms with Gasteiger partial charge in [-0.05, 0) is 66.4 Å². The van der Waals surface area contributed by atoms with Gasteiger partial charge in [-0.25, -0.2) is 8.42 Å². The Morgan fingerprint density at radius 2 is 1.33 bits per heavy atom. The minimum atomic E-state index is -3.68. The molecule has 5 rings (SSSR count). The second-order valence-electron chi connectivity index (χ2n) is 10.4. The van der Waals surface area contributed by atoms with Crippen molar-refractivity contribution >= 4 is 21.6 Å². The maximum atomic E-state index is 13.5. The van der Waals surface area contributed by atoms with Gasteiger partial charge in [0.15, 0.2) is 6.10 Å². The first-order valence-corrected chi connectivity index (χ1v) is 15.8. The van der Waals surface area contributed by atoms with Gasteiger partial charge in [0, 0.05) is 31.9 Å². The van der Waals surface area contributed by atoms with Crippen LogP contribution in [0, 0.1) is 0 Å². The molecule has 0 spiro atoms. The average Bonchev–Trinajstić information content (AvgIpc) is 3.03. The lowest BCUT2D eigenvalue weighted by Crippen LogP contribution is -2.49. The van der Waals surface area contributed by atoms with Gasteiger partial charge in [-0.2, -0.15) is 4.31 Å². The van der Waals surface area contributed by atoms with Gasteiger partial charge in [0.2, 0.25) is 10.0 Å². The number of sulfonamides is 1. The molecule has 1 heterocycles. The SMILES string of the molecule is CCc1ccc(OC(C)C(=O)Nc2ccc(S(=O)(=O)N3CCN(C(c4ccccc4)c4ccccc4)CC3)cc2)cc1. The minimum Gasteiger partial charge on any atom is -0.481 e. The quantitative estimate of drug-likeness (QED) is 0.257. The second kappa shape index (κ2) is 13.3. The number of hydrogen-bond donors (Lipinski definition) is 1. The fraction of sp³-hybridized carbons (Fsp3) is 0.265. The van der Waals surface area contributed by atoms with Crippen LogP contribution in [0.1, 0.15) is 36.6 Å². The number of piperazine rings is 1. The zero-order valence-electron chi connectivity index (χ0n) is 24.0. The molecule has 1 fully saturated rings. The molecule has 0 saturated carbocycles. The Kier molecular flexibility index (Phi) is 9.37. The third-order valence-corrected chi connectivity index (χ3v) is 9.56. The first-order valence-electron chi connectivity index (χ1n) is 14.4. The number of nitrogens with zero attached hydrogens (tertiary/aromatic N) is 2. The molecule has 1 amide bonds. The monoisotopic (exact) mass is 583 g/mol. The fourth-order valence-corrected chi connectivity index (χ4v) is 6.67. The third kappa shape index (κ3) is 6.90. The lowest BCUT2D eigenvalue weighted by Gasteiger charge is -2.39. The summed E-state index contributed by atoms with van der Waals surface area (Å²) in [5.74, 6) is 0.308. The Bertz CT molecular complexity index is 1510. The molecule has 4 aromatic rings. The summed E-state index contributed by atoms with van der Waals surface area (Å²) < 4.78 is 34.3. The highest BCUT2D eigenvalue weighted by Crippen LogP contribution is 2.30. The van der Waals surface area contributed by atoms with Crippen molar-refractivity contribution < 1.29 is 17.9 Å². The Morgan fingerprint density at radius 3 is 1.86 bits per heavy atom. The largest absolute Gasteiger partial charge is 0.481 e. The molecule has 8 heteroatoms. The summed E-state index contributed by atoms with van der Waals surface area (Å²) in [6.07, 6.45) is 0.217. The van der Waals surface area contributed by atoms with Crippen molar-refractivity contribution in [2.24, 2.45) is 0 Å². The number of carbonyl (C=O) groups is 1. The van der Waals surface area contributed by atoms with E-state index in [9.17, 15) is 13.2 Å². The van der Waals surface area contributed by atoms with Crippen LogP contribution in [0.5, 0.6) is 5.75 Å². The summed E-state index contributed by atoms with van der Waals surface area (Å²) >= 11 is 0. The van der Waals surface area contributed by atoms with E-state index in [1.54, 1.807) is 35.5 Å². The first-order chi connectivity index (χ1) is 20.3. The van der Waals surface area contributed by atoms with Crippen molar-refractivity contribution in [3.05, 3.63) is 126 Å². The molecule has 0 bridgehead atoms. The lowest BCUT2D eigenvalue weighted by atomic mass is 9.96. The van der Waals surface area contributed by atoms with Gasteiger partial charge in [0.1, 0.15) is 5.75 Å². The highest BCUT2D eigenvalue weighted by molar-refractivity contribution is 7.89. The van der Waals surface area contributed by atoms with E-state index in [2.05, 4.69) is 41.4 Å². The molecule has 0 aromatic heterocycles. The number of benzene rings is 4. The molecule has 0 radical (unpaired) electrons. The molecule has 1 aliphatic heterocycles. The van der Waals surface area contributed by atoms with Crippen LogP contribution < -0.4 is 10.1 Å². The number of hydrogen-bond acceptors (Lipinski definition) is 5. The van der Waals surface area contributed by atoms with Crippen LogP contribution in [-0.4, -0.2) is 55.8 Å². The van der Waals surface area contributed by atoms with Crippen molar-refractivity contribution in [3.8, 4) is 5.75 Å². The number of carbonyl (C=O) groups excluding carboxylic acids is 1. The van der Waals surface area contributed by atoms with Crippen LogP contribution in [0.25, 0.3) is 0 Å². The number of rotatable bonds is 10. The van der Waals surface area contributed by atoms with E-state index in [1.165, 1.54) is 16.7 Å². The van der Waals surface area contributed by atoms with Crippen molar-refractivity contribution in [3.63, 3.8) is 0 Å². The van der Waals surface area contributed by atoms with E-state index in [1.807, 2.05) is 60.7 Å². The molecule has 1 unspecified atom stereocenters. The first kappa shape index (κ1) is 29.5. The number of anilines is 1. The zero-order chi connectivity index (χ0) is 29.5. The topological polar surface area (TPSA) is 78.9 Å². The van der Waals surface area contributed by atoms with Crippen LogP contribution in [0.15, 0.2) is 114 Å². The zero-order valence-corrected chi connectivity index (χ0v) is 24.8. The predicted octanol–water partition coefficient (Wildman–Crippen LogP) is 5.75. The Morgan fingerprint density at radius 1 is 0.786 bits per heavy atom. The minimum absolute atomic E-state index is 0.0576. The van der Waals surface area contributed by atoms with Crippen LogP contribution in [0.4, 0.5) is 5.69 Å². The van der Waals surface area contributed by atoms with E-state index in [0.717, 1.165) is 6.42 Å². The van der Waals surface area contributed by atoms with Crippen LogP contribution in [-0.2, 0) is 21.2 Å². The Labute approximate surface area is 248 Å². The molecular weight excluding hydrogens is 546 g/mol. The van der Waals surface area contributed by atoms with Gasteiger partial charge in [-0.3, -0.25) is 9.69 Å². The van der Waals surface area contributed by atoms with E-state index >= 15 is 0 Å². The summed E-state index contributed by atoms with van der Waals surface area (Å²) in [6, 6.07) is 34.7. The van der Waals surface area contributed by atoms with Gasteiger partial charge in [0.05, 0.1) is 10.9 Å². The maximum Gasteiger partial charge on any atom is 0.265 e. The predicted molar refractivity (Wildman–Crippen MR) is 166 cm³/mol. The molecular formula is C34H37N3O4S. The van der Waals surface area contributed by atoms with Gasteiger partial charge in [-0.1, -0.05) is 79.7 Å². The molecule has 1 aliphatic rings. The molecule has 218 valence electrons. The van der Waals surface area contributed by atoms with Gasteiger partial charge < -0.3 is 10.1 Å². The summed E-state index contributed by atoms with van der Waals surface area (Å²) in [5, 5.41) is 2.81. The average molecular weight is 584 g/mol. The van der Waals surface area contributed by atoms with E-state index < -0.39 is 16.1 Å². The highest BCUT2D eigenvalue weighted by atomic mass is 32.2. The molecule has 4 aromatic carbocycles. The summed E-state index contributed by atoms with van der Waals surface area (Å²) in [6.45, 7) is 5.77. The number of amides is 1. The number of ether oxygens (including phenoxy) is 1. The normalized spacial score (nSPS) is 15.3. The maximum absolute atomic E-state index is 13.5. The summed E-state index contributed by atoms with van der Waals surface area (Å²) in [5.41, 5.74) is 4.08. The molecule has 1 atom stereocenters. The van der Waals surface area contributed by atoms with Crippen LogP contribution in [0.2, 0.25) is 0 Å². The standard InChI is InChI=1S/C34H37N3O4S/c1-3-27-14-18-31(19-15-27)41-26(2)34(38)35-30-16-20-32(21-17-30)42(39,40)37-24-22-36(23-25-37)33(28-10-6-4-7-11-28)29-12-8-5-9-13-29/h4-21,26,33H,3,22-25H2,1-2H3,(H,35,38). The Hall–Kier alpha value is -3.98. The Balaban J connectivity index is 1.20. The van der Waals surface area contributed by atoms with Gasteiger partial charge in [0.25, 0.3) is 5.91 Å². The number of aryl methyl sites for hydroxylation is 1. The van der Waals surface area contributed by atoms with E-state index in [0.29, 0.717) is 37.6 Å².